The van der Waals surface area contributed by atoms with Crippen molar-refractivity contribution in [2.45, 2.75) is 25.4 Å². The van der Waals surface area contributed by atoms with Crippen LogP contribution in [-0.4, -0.2) is 48.6 Å². The zero-order chi connectivity index (χ0) is 27.1. The van der Waals surface area contributed by atoms with Crippen molar-refractivity contribution in [3.63, 3.8) is 0 Å². The fourth-order valence-corrected chi connectivity index (χ4v) is 4.53. The number of rotatable bonds is 11. The number of anilines is 1. The first-order chi connectivity index (χ1) is 18.4. The van der Waals surface area contributed by atoms with Gasteiger partial charge in [0.15, 0.2) is 0 Å². The van der Waals surface area contributed by atoms with Crippen LogP contribution in [0.2, 0.25) is 0 Å². The monoisotopic (exact) mass is 631 g/mol. The van der Waals surface area contributed by atoms with Crippen molar-refractivity contribution in [2.24, 2.45) is 0 Å². The van der Waals surface area contributed by atoms with E-state index >= 15 is 0 Å². The molecule has 0 bridgehead atoms. The fraction of sp³-hybridized carbons (Fsp3) is 0.250. The normalized spacial score (nSPS) is 15.8. The zero-order valence-electron chi connectivity index (χ0n) is 20.7. The minimum Gasteiger partial charge on any atom is -0.491 e. The number of imide groups is 1. The smallest absolute Gasteiger partial charge is 0.325 e. The predicted octanol–water partition coefficient (Wildman–Crippen LogP) is 4.69. The van der Waals surface area contributed by atoms with Gasteiger partial charge >= 0.3 is 6.03 Å². The molecule has 0 aliphatic carbocycles. The van der Waals surface area contributed by atoms with E-state index in [9.17, 15) is 18.8 Å². The van der Waals surface area contributed by atoms with Crippen LogP contribution in [0.1, 0.15) is 24.1 Å². The van der Waals surface area contributed by atoms with E-state index in [0.717, 1.165) is 10.5 Å². The van der Waals surface area contributed by atoms with Gasteiger partial charge in [0, 0.05) is 16.6 Å². The number of hydrogen-bond acceptors (Lipinski definition) is 5. The van der Waals surface area contributed by atoms with Gasteiger partial charge in [-0.05, 0) is 71.0 Å². The largest absolute Gasteiger partial charge is 0.491 e. The number of benzene rings is 3. The van der Waals surface area contributed by atoms with E-state index in [-0.39, 0.29) is 12.1 Å². The highest BCUT2D eigenvalue weighted by molar-refractivity contribution is 14.1. The number of urea groups is 1. The average molecular weight is 631 g/mol. The van der Waals surface area contributed by atoms with Crippen LogP contribution in [0.15, 0.2) is 72.8 Å². The third-order valence-electron chi connectivity index (χ3n) is 5.96. The molecule has 1 heterocycles. The van der Waals surface area contributed by atoms with Gasteiger partial charge in [0.2, 0.25) is 5.91 Å². The Morgan fingerprint density at radius 2 is 1.82 bits per heavy atom. The molecule has 0 aromatic heterocycles. The van der Waals surface area contributed by atoms with E-state index in [1.165, 1.54) is 12.1 Å². The number of halogens is 2. The van der Waals surface area contributed by atoms with Gasteiger partial charge in [-0.25, -0.2) is 14.1 Å². The number of carbonyl (C=O) groups excluding carboxylic acids is 3. The van der Waals surface area contributed by atoms with Crippen LogP contribution in [0.25, 0.3) is 0 Å². The van der Waals surface area contributed by atoms with Crippen molar-refractivity contribution in [3.8, 4) is 5.75 Å². The molecular weight excluding hydrogens is 604 g/mol. The van der Waals surface area contributed by atoms with Gasteiger partial charge in [-0.2, -0.15) is 0 Å². The molecule has 4 rings (SSSR count). The summed E-state index contributed by atoms with van der Waals surface area (Å²) in [6.07, 6.45) is 0.0666. The Labute approximate surface area is 233 Å². The van der Waals surface area contributed by atoms with E-state index in [0.29, 0.717) is 34.7 Å². The third-order valence-corrected chi connectivity index (χ3v) is 6.63. The molecule has 1 aliphatic heterocycles. The molecule has 0 saturated carbocycles. The maximum Gasteiger partial charge on any atom is 0.325 e. The molecule has 1 fully saturated rings. The minimum absolute atomic E-state index is 0.0305. The zero-order valence-corrected chi connectivity index (χ0v) is 22.8. The molecule has 0 radical (unpaired) electrons. The first-order valence-corrected chi connectivity index (χ1v) is 13.2. The highest BCUT2D eigenvalue weighted by Gasteiger charge is 2.45. The lowest BCUT2D eigenvalue weighted by Crippen LogP contribution is -2.49. The first-order valence-electron chi connectivity index (χ1n) is 12.1. The summed E-state index contributed by atoms with van der Waals surface area (Å²) in [4.78, 5) is 40.8. The summed E-state index contributed by atoms with van der Waals surface area (Å²) in [5, 5.41) is 5.22. The molecule has 38 heavy (non-hydrogen) atoms. The van der Waals surface area contributed by atoms with Crippen LogP contribution in [0.3, 0.4) is 0 Å². The summed E-state index contributed by atoms with van der Waals surface area (Å²) < 4.78 is 26.0. The summed E-state index contributed by atoms with van der Waals surface area (Å²) in [7, 11) is 0. The number of hydrogen-bond donors (Lipinski definition) is 2. The SMILES string of the molecule is CCOCCOc1ccc(C2NC(=O)N(C(Cc3ccccc3)C(=O)Nc3ccc(I)cc3F)C2=O)cc1. The second-order valence-electron chi connectivity index (χ2n) is 8.52. The molecule has 2 N–H and O–H groups in total. The summed E-state index contributed by atoms with van der Waals surface area (Å²) in [6, 6.07) is 17.3. The Morgan fingerprint density at radius 1 is 1.08 bits per heavy atom. The Hall–Kier alpha value is -3.51. The Balaban J connectivity index is 1.54. The number of nitrogens with zero attached hydrogens (tertiary/aromatic N) is 1. The van der Waals surface area contributed by atoms with E-state index in [4.69, 9.17) is 9.47 Å². The Kier molecular flexibility index (Phi) is 9.29. The molecule has 8 nitrogen and oxygen atoms in total. The van der Waals surface area contributed by atoms with Crippen LogP contribution in [0.5, 0.6) is 5.75 Å². The van der Waals surface area contributed by atoms with Crippen molar-refractivity contribution in [2.75, 3.05) is 25.1 Å². The van der Waals surface area contributed by atoms with Gasteiger partial charge in [-0.15, -0.1) is 0 Å². The maximum atomic E-state index is 14.5. The van der Waals surface area contributed by atoms with Crippen molar-refractivity contribution in [1.82, 2.24) is 10.2 Å². The Bertz CT molecular complexity index is 1290. The van der Waals surface area contributed by atoms with Gasteiger partial charge in [0.05, 0.1) is 12.3 Å². The van der Waals surface area contributed by atoms with Gasteiger partial charge in [-0.3, -0.25) is 9.59 Å². The fourth-order valence-electron chi connectivity index (χ4n) is 4.08. The highest BCUT2D eigenvalue weighted by atomic mass is 127. The lowest BCUT2D eigenvalue weighted by atomic mass is 10.0. The van der Waals surface area contributed by atoms with Crippen LogP contribution in [0, 0.1) is 9.39 Å². The molecule has 4 amide bonds. The minimum atomic E-state index is -1.20. The van der Waals surface area contributed by atoms with Crippen LogP contribution in [0.4, 0.5) is 14.9 Å². The van der Waals surface area contributed by atoms with Crippen molar-refractivity contribution in [1.29, 1.82) is 0 Å². The quantitative estimate of drug-likeness (QED) is 0.182. The van der Waals surface area contributed by atoms with Gasteiger partial charge in [0.25, 0.3) is 5.91 Å². The summed E-state index contributed by atoms with van der Waals surface area (Å²) in [5.74, 6) is -1.25. The van der Waals surface area contributed by atoms with Gasteiger partial charge in [-0.1, -0.05) is 42.5 Å². The topological polar surface area (TPSA) is 97.0 Å². The highest BCUT2D eigenvalue weighted by Crippen LogP contribution is 2.27. The van der Waals surface area contributed by atoms with Crippen molar-refractivity contribution in [3.05, 3.63) is 93.3 Å². The first kappa shape index (κ1) is 27.5. The van der Waals surface area contributed by atoms with E-state index < -0.39 is 35.7 Å². The van der Waals surface area contributed by atoms with Crippen LogP contribution in [-0.2, 0) is 20.7 Å². The number of nitrogens with one attached hydrogen (secondary N) is 2. The molecule has 198 valence electrons. The summed E-state index contributed by atoms with van der Waals surface area (Å²) in [6.45, 7) is 3.35. The molecule has 3 aromatic rings. The number of amides is 4. The van der Waals surface area contributed by atoms with E-state index in [1.54, 1.807) is 54.6 Å². The summed E-state index contributed by atoms with van der Waals surface area (Å²) >= 11 is 1.97. The predicted molar refractivity (Wildman–Crippen MR) is 148 cm³/mol. The lowest BCUT2D eigenvalue weighted by molar-refractivity contribution is -0.134. The van der Waals surface area contributed by atoms with E-state index in [2.05, 4.69) is 10.6 Å². The Morgan fingerprint density at radius 3 is 2.50 bits per heavy atom. The molecule has 2 unspecified atom stereocenters. The number of carbonyl (C=O) groups is 3. The molecule has 10 heteroatoms. The molecule has 0 spiro atoms. The summed E-state index contributed by atoms with van der Waals surface area (Å²) in [5.41, 5.74) is 1.26. The molecule has 3 aromatic carbocycles. The van der Waals surface area contributed by atoms with Crippen molar-refractivity contribution >= 4 is 46.1 Å². The lowest BCUT2D eigenvalue weighted by Gasteiger charge is -2.25. The van der Waals surface area contributed by atoms with Gasteiger partial charge < -0.3 is 20.1 Å². The second-order valence-corrected chi connectivity index (χ2v) is 9.77. The molecule has 1 aliphatic rings. The second kappa shape index (κ2) is 12.8. The average Bonchev–Trinajstić information content (AvgIpc) is 3.21. The van der Waals surface area contributed by atoms with Crippen LogP contribution >= 0.6 is 22.6 Å². The third kappa shape index (κ3) is 6.67. The number of ether oxygens (including phenoxy) is 2. The van der Waals surface area contributed by atoms with Gasteiger partial charge in [0.1, 0.15) is 30.3 Å². The standard InChI is InChI=1S/C28H27FIN3O5/c1-2-37-14-15-38-21-11-8-19(9-12-21)25-27(35)33(28(36)32-25)24(16-18-6-4-3-5-7-18)26(34)31-23-13-10-20(30)17-22(23)29/h3-13,17,24-25H,2,14-16H2,1H3,(H,31,34)(H,32,36). The maximum absolute atomic E-state index is 14.5. The molecule has 1 saturated heterocycles. The van der Waals surface area contributed by atoms with E-state index in [1.807, 2.05) is 35.6 Å². The molecule has 2 atom stereocenters. The van der Waals surface area contributed by atoms with Crippen molar-refractivity contribution < 1.29 is 28.2 Å². The van der Waals surface area contributed by atoms with Crippen LogP contribution < -0.4 is 15.4 Å². The molecular formula is C28H27FIN3O5.